The van der Waals surface area contributed by atoms with Crippen molar-refractivity contribution in [3.63, 3.8) is 0 Å². The van der Waals surface area contributed by atoms with Crippen LogP contribution >= 0.6 is 32.9 Å². The highest BCUT2D eigenvalue weighted by molar-refractivity contribution is 9.10. The summed E-state index contributed by atoms with van der Waals surface area (Å²) in [5.74, 6) is -0.281. The minimum absolute atomic E-state index is 0. The third-order valence-electron chi connectivity index (χ3n) is 0.962. The van der Waals surface area contributed by atoms with Crippen molar-refractivity contribution in [3.05, 3.63) is 28.5 Å². The van der Waals surface area contributed by atoms with Crippen molar-refractivity contribution in [1.82, 2.24) is 0 Å². The van der Waals surface area contributed by atoms with Gasteiger partial charge in [0, 0.05) is 10.2 Å². The van der Waals surface area contributed by atoms with Gasteiger partial charge in [-0.25, -0.2) is 4.39 Å². The summed E-state index contributed by atoms with van der Waals surface area (Å²) >= 11 is 3.08. The number of nitrogens with two attached hydrogens (primary N) is 1. The summed E-state index contributed by atoms with van der Waals surface area (Å²) in [6.45, 7) is 0. The second-order valence-corrected chi connectivity index (χ2v) is 2.52. The molecule has 0 amide bonds. The van der Waals surface area contributed by atoms with E-state index in [2.05, 4.69) is 15.9 Å². The quantitative estimate of drug-likeness (QED) is 0.721. The molecule has 0 atom stereocenters. The fourth-order valence-electron chi connectivity index (χ4n) is 0.502. The van der Waals surface area contributed by atoms with Gasteiger partial charge in [0.05, 0.1) is 0 Å². The third kappa shape index (κ3) is 2.27. The molecular weight excluding hydrogens is 265 g/mol. The summed E-state index contributed by atoms with van der Waals surface area (Å²) in [6.07, 6.45) is 0. The van der Waals surface area contributed by atoms with Gasteiger partial charge in [-0.1, -0.05) is 0 Å². The Morgan fingerprint density at radius 1 is 1.40 bits per heavy atom. The minimum atomic E-state index is -0.281. The topological polar surface area (TPSA) is 26.0 Å². The summed E-state index contributed by atoms with van der Waals surface area (Å²) in [5.41, 5.74) is 5.93. The standard InChI is InChI=1S/C6H5BrFN.BrH/c7-5-3-4(8)1-2-6(5)9;/h1-3H,9H2;1H. The van der Waals surface area contributed by atoms with E-state index in [1.54, 1.807) is 0 Å². The van der Waals surface area contributed by atoms with Gasteiger partial charge in [0.1, 0.15) is 5.82 Å². The zero-order valence-electron chi connectivity index (χ0n) is 4.97. The maximum Gasteiger partial charge on any atom is 0.124 e. The van der Waals surface area contributed by atoms with Crippen LogP contribution in [0.4, 0.5) is 10.1 Å². The van der Waals surface area contributed by atoms with Crippen LogP contribution < -0.4 is 5.73 Å². The Morgan fingerprint density at radius 3 is 2.40 bits per heavy atom. The number of nitrogen functional groups attached to an aromatic ring is 1. The lowest BCUT2D eigenvalue weighted by molar-refractivity contribution is 0.627. The maximum atomic E-state index is 12.3. The van der Waals surface area contributed by atoms with Crippen molar-refractivity contribution in [1.29, 1.82) is 0 Å². The largest absolute Gasteiger partial charge is 0.398 e. The van der Waals surface area contributed by atoms with Crippen LogP contribution in [0.3, 0.4) is 0 Å². The first-order chi connectivity index (χ1) is 4.20. The first-order valence-corrected chi connectivity index (χ1v) is 3.20. The normalized spacial score (nSPS) is 8.60. The van der Waals surface area contributed by atoms with Crippen molar-refractivity contribution in [2.75, 3.05) is 5.73 Å². The molecule has 10 heavy (non-hydrogen) atoms. The third-order valence-corrected chi connectivity index (χ3v) is 1.65. The number of hydrogen-bond acceptors (Lipinski definition) is 1. The fraction of sp³-hybridized carbons (Fsp3) is 0. The minimum Gasteiger partial charge on any atom is -0.398 e. The molecule has 0 heterocycles. The average Bonchev–Trinajstić information content (AvgIpc) is 1.80. The van der Waals surface area contributed by atoms with Crippen LogP contribution in [0.2, 0.25) is 0 Å². The van der Waals surface area contributed by atoms with Crippen molar-refractivity contribution in [2.45, 2.75) is 0 Å². The van der Waals surface area contributed by atoms with E-state index in [9.17, 15) is 4.39 Å². The van der Waals surface area contributed by atoms with Gasteiger partial charge < -0.3 is 5.73 Å². The summed E-state index contributed by atoms with van der Waals surface area (Å²) in [4.78, 5) is 0. The second-order valence-electron chi connectivity index (χ2n) is 1.67. The van der Waals surface area contributed by atoms with Crippen molar-refractivity contribution < 1.29 is 4.39 Å². The zero-order chi connectivity index (χ0) is 6.85. The number of hydrogen-bond donors (Lipinski definition) is 1. The van der Waals surface area contributed by atoms with Crippen molar-refractivity contribution in [2.24, 2.45) is 0 Å². The molecule has 56 valence electrons. The predicted molar refractivity (Wildman–Crippen MR) is 48.8 cm³/mol. The summed E-state index contributed by atoms with van der Waals surface area (Å²) < 4.78 is 12.9. The van der Waals surface area contributed by atoms with Gasteiger partial charge in [0.25, 0.3) is 0 Å². The van der Waals surface area contributed by atoms with E-state index in [1.165, 1.54) is 18.2 Å². The highest BCUT2D eigenvalue weighted by Crippen LogP contribution is 2.18. The monoisotopic (exact) mass is 269 g/mol. The molecule has 4 heteroatoms. The van der Waals surface area contributed by atoms with Gasteiger partial charge in [0.15, 0.2) is 0 Å². The molecule has 0 bridgehead atoms. The molecule has 0 saturated carbocycles. The van der Waals surface area contributed by atoms with Crippen molar-refractivity contribution in [3.8, 4) is 0 Å². The Kier molecular flexibility index (Phi) is 3.89. The molecule has 0 aromatic heterocycles. The number of rotatable bonds is 0. The van der Waals surface area contributed by atoms with Gasteiger partial charge in [-0.15, -0.1) is 17.0 Å². The maximum absolute atomic E-state index is 12.3. The van der Waals surface area contributed by atoms with E-state index in [0.717, 1.165) is 0 Å². The molecule has 0 unspecified atom stereocenters. The molecule has 0 spiro atoms. The van der Waals surface area contributed by atoms with Gasteiger partial charge >= 0.3 is 0 Å². The number of halogens is 3. The Hall–Kier alpha value is -0.0900. The number of benzene rings is 1. The molecule has 1 rings (SSSR count). The van der Waals surface area contributed by atoms with Gasteiger partial charge in [0.2, 0.25) is 0 Å². The number of anilines is 1. The Balaban J connectivity index is 0.000000810. The van der Waals surface area contributed by atoms with Crippen LogP contribution in [0.15, 0.2) is 22.7 Å². The molecular formula is C6H6Br2FN. The summed E-state index contributed by atoms with van der Waals surface area (Å²) in [5, 5.41) is 0. The Morgan fingerprint density at radius 2 is 2.00 bits per heavy atom. The molecule has 0 aliphatic heterocycles. The second kappa shape index (κ2) is 3.93. The zero-order valence-corrected chi connectivity index (χ0v) is 8.27. The lowest BCUT2D eigenvalue weighted by Crippen LogP contribution is -1.85. The van der Waals surface area contributed by atoms with E-state index in [1.807, 2.05) is 0 Å². The first-order valence-electron chi connectivity index (χ1n) is 2.40. The van der Waals surface area contributed by atoms with Crippen LogP contribution in [-0.4, -0.2) is 0 Å². The van der Waals surface area contributed by atoms with Gasteiger partial charge in [-0.3, -0.25) is 0 Å². The molecule has 1 nitrogen and oxygen atoms in total. The summed E-state index contributed by atoms with van der Waals surface area (Å²) in [6, 6.07) is 4.16. The molecule has 0 fully saturated rings. The van der Waals surface area contributed by atoms with E-state index in [0.29, 0.717) is 10.2 Å². The fourth-order valence-corrected chi connectivity index (χ4v) is 0.852. The molecule has 2 N–H and O–H groups in total. The molecule has 0 saturated heterocycles. The first kappa shape index (κ1) is 9.91. The van der Waals surface area contributed by atoms with E-state index >= 15 is 0 Å². The Labute approximate surface area is 77.3 Å². The predicted octanol–water partition coefficient (Wildman–Crippen LogP) is 2.75. The summed E-state index contributed by atoms with van der Waals surface area (Å²) in [7, 11) is 0. The van der Waals surface area contributed by atoms with Crippen LogP contribution in [0, 0.1) is 5.82 Å². The van der Waals surface area contributed by atoms with Gasteiger partial charge in [-0.05, 0) is 34.1 Å². The van der Waals surface area contributed by atoms with Crippen LogP contribution in [0.5, 0.6) is 0 Å². The Bertz CT molecular complexity index is 227. The SMILES string of the molecule is Br.Nc1ccc(F)cc1Br. The average molecular weight is 271 g/mol. The van der Waals surface area contributed by atoms with Crippen LogP contribution in [0.25, 0.3) is 0 Å². The highest BCUT2D eigenvalue weighted by atomic mass is 79.9. The molecule has 1 aromatic rings. The van der Waals surface area contributed by atoms with E-state index in [-0.39, 0.29) is 22.8 Å². The molecule has 0 aliphatic rings. The van der Waals surface area contributed by atoms with Crippen LogP contribution in [0.1, 0.15) is 0 Å². The van der Waals surface area contributed by atoms with Crippen LogP contribution in [-0.2, 0) is 0 Å². The van der Waals surface area contributed by atoms with Gasteiger partial charge in [-0.2, -0.15) is 0 Å². The molecule has 1 aromatic carbocycles. The highest BCUT2D eigenvalue weighted by Gasteiger charge is 1.94. The van der Waals surface area contributed by atoms with Crippen molar-refractivity contribution >= 4 is 38.6 Å². The van der Waals surface area contributed by atoms with E-state index in [4.69, 9.17) is 5.73 Å². The smallest absolute Gasteiger partial charge is 0.124 e. The molecule has 0 aliphatic carbocycles. The molecule has 0 radical (unpaired) electrons. The lowest BCUT2D eigenvalue weighted by Gasteiger charge is -1.94. The lowest BCUT2D eigenvalue weighted by atomic mass is 10.3. The van der Waals surface area contributed by atoms with E-state index < -0.39 is 0 Å².